The molecule has 162 valence electrons. The lowest BCUT2D eigenvalue weighted by Gasteiger charge is -2.29. The summed E-state index contributed by atoms with van der Waals surface area (Å²) in [4.78, 5) is 24.5. The molecule has 5 heteroatoms. The van der Waals surface area contributed by atoms with Gasteiger partial charge in [-0.25, -0.2) is 4.79 Å². The van der Waals surface area contributed by atoms with E-state index in [0.29, 0.717) is 12.8 Å². The van der Waals surface area contributed by atoms with Crippen LogP contribution < -0.4 is 10.6 Å². The molecule has 2 aromatic rings. The van der Waals surface area contributed by atoms with E-state index >= 15 is 0 Å². The zero-order valence-corrected chi connectivity index (χ0v) is 18.9. The van der Waals surface area contributed by atoms with Gasteiger partial charge in [0.2, 0.25) is 5.91 Å². The van der Waals surface area contributed by atoms with Crippen LogP contribution >= 0.6 is 0 Å². The first-order chi connectivity index (χ1) is 13.9. The van der Waals surface area contributed by atoms with E-state index in [-0.39, 0.29) is 11.9 Å². The molecule has 30 heavy (non-hydrogen) atoms. The van der Waals surface area contributed by atoms with Gasteiger partial charge in [-0.05, 0) is 64.7 Å². The van der Waals surface area contributed by atoms with Gasteiger partial charge in [-0.15, -0.1) is 0 Å². The lowest BCUT2D eigenvalue weighted by atomic mass is 9.91. The summed E-state index contributed by atoms with van der Waals surface area (Å²) in [6, 6.07) is 17.8. The molecule has 0 radical (unpaired) electrons. The summed E-state index contributed by atoms with van der Waals surface area (Å²) in [5, 5.41) is 6.00. The fraction of sp³-hybridized carbons (Fsp3) is 0.440. The average Bonchev–Trinajstić information content (AvgIpc) is 2.60. The number of ether oxygens (including phenoxy) is 1. The Kier molecular flexibility index (Phi) is 7.65. The Morgan fingerprint density at radius 3 is 2.20 bits per heavy atom. The first kappa shape index (κ1) is 23.5. The zero-order valence-electron chi connectivity index (χ0n) is 18.9. The number of benzene rings is 2. The van der Waals surface area contributed by atoms with Gasteiger partial charge in [0.1, 0.15) is 5.60 Å². The monoisotopic (exact) mass is 410 g/mol. The van der Waals surface area contributed by atoms with Gasteiger partial charge in [-0.3, -0.25) is 4.79 Å². The lowest BCUT2D eigenvalue weighted by molar-refractivity contribution is -0.121. The van der Waals surface area contributed by atoms with E-state index < -0.39 is 17.2 Å². The number of carbonyl (C=O) groups excluding carboxylic acids is 2. The molecule has 2 amide bonds. The third-order valence-corrected chi connectivity index (χ3v) is 4.62. The van der Waals surface area contributed by atoms with Crippen molar-refractivity contribution in [3.05, 3.63) is 71.3 Å². The second-order valence-electron chi connectivity index (χ2n) is 9.29. The minimum atomic E-state index is -0.585. The minimum absolute atomic E-state index is 0.00149. The maximum atomic E-state index is 12.3. The van der Waals surface area contributed by atoms with Crippen LogP contribution in [0.1, 0.15) is 58.2 Å². The molecule has 0 aliphatic rings. The van der Waals surface area contributed by atoms with Crippen molar-refractivity contribution in [1.29, 1.82) is 0 Å². The standard InChI is InChI=1S/C25H34N2O3/c1-18(26-22(28)17-19-11-8-7-9-12-19)15-20-13-10-14-21(16-20)25(5,6)27-23(29)30-24(2,3)4/h7-14,16,18H,15,17H2,1-6H3,(H,26,28)(H,27,29). The van der Waals surface area contributed by atoms with Crippen LogP contribution in [-0.4, -0.2) is 23.6 Å². The number of nitrogens with one attached hydrogen (secondary N) is 2. The largest absolute Gasteiger partial charge is 0.444 e. The van der Waals surface area contributed by atoms with E-state index in [1.165, 1.54) is 0 Å². The zero-order chi connectivity index (χ0) is 22.4. The molecule has 1 unspecified atom stereocenters. The van der Waals surface area contributed by atoms with Gasteiger partial charge in [0, 0.05) is 6.04 Å². The van der Waals surface area contributed by atoms with Crippen molar-refractivity contribution in [2.75, 3.05) is 0 Å². The smallest absolute Gasteiger partial charge is 0.408 e. The Balaban J connectivity index is 1.97. The molecular formula is C25H34N2O3. The van der Waals surface area contributed by atoms with E-state index in [0.717, 1.165) is 16.7 Å². The summed E-state index contributed by atoms with van der Waals surface area (Å²) in [6.07, 6.45) is 0.633. The average molecular weight is 411 g/mol. The van der Waals surface area contributed by atoms with Crippen LogP contribution in [0.5, 0.6) is 0 Å². The molecule has 0 aromatic heterocycles. The Hall–Kier alpha value is -2.82. The first-order valence-electron chi connectivity index (χ1n) is 10.4. The number of carbonyl (C=O) groups is 2. The number of hydrogen-bond acceptors (Lipinski definition) is 3. The first-order valence-corrected chi connectivity index (χ1v) is 10.4. The molecule has 0 aliphatic heterocycles. The Morgan fingerprint density at radius 2 is 1.57 bits per heavy atom. The van der Waals surface area contributed by atoms with Crippen molar-refractivity contribution in [2.45, 2.75) is 71.6 Å². The van der Waals surface area contributed by atoms with Crippen molar-refractivity contribution < 1.29 is 14.3 Å². The Labute approximate surface area is 180 Å². The minimum Gasteiger partial charge on any atom is -0.444 e. The maximum Gasteiger partial charge on any atom is 0.408 e. The van der Waals surface area contributed by atoms with Crippen LogP contribution in [0.25, 0.3) is 0 Å². The van der Waals surface area contributed by atoms with Crippen LogP contribution in [0, 0.1) is 0 Å². The lowest BCUT2D eigenvalue weighted by Crippen LogP contribution is -2.43. The second kappa shape index (κ2) is 9.79. The van der Waals surface area contributed by atoms with Gasteiger partial charge < -0.3 is 15.4 Å². The topological polar surface area (TPSA) is 67.4 Å². The molecule has 0 spiro atoms. The Bertz CT molecular complexity index is 854. The highest BCUT2D eigenvalue weighted by Crippen LogP contribution is 2.22. The molecule has 0 aliphatic carbocycles. The number of rotatable bonds is 7. The predicted molar refractivity (Wildman–Crippen MR) is 120 cm³/mol. The molecule has 2 aromatic carbocycles. The summed E-state index contributed by atoms with van der Waals surface area (Å²) >= 11 is 0. The molecule has 5 nitrogen and oxygen atoms in total. The normalized spacial score (nSPS) is 12.7. The van der Waals surface area contributed by atoms with Gasteiger partial charge in [0.15, 0.2) is 0 Å². The van der Waals surface area contributed by atoms with E-state index in [2.05, 4.69) is 16.7 Å². The summed E-state index contributed by atoms with van der Waals surface area (Å²) < 4.78 is 5.38. The van der Waals surface area contributed by atoms with Crippen molar-refractivity contribution in [3.63, 3.8) is 0 Å². The van der Waals surface area contributed by atoms with Crippen molar-refractivity contribution in [1.82, 2.24) is 10.6 Å². The molecule has 0 heterocycles. The highest BCUT2D eigenvalue weighted by Gasteiger charge is 2.26. The van der Waals surface area contributed by atoms with Crippen LogP contribution in [0.4, 0.5) is 4.79 Å². The quantitative estimate of drug-likeness (QED) is 0.693. The molecule has 1 atom stereocenters. The van der Waals surface area contributed by atoms with Crippen LogP contribution in [0.3, 0.4) is 0 Å². The Morgan fingerprint density at radius 1 is 0.933 bits per heavy atom. The molecule has 2 rings (SSSR count). The molecule has 0 fully saturated rings. The summed E-state index contributed by atoms with van der Waals surface area (Å²) in [7, 11) is 0. The van der Waals surface area contributed by atoms with Gasteiger partial charge >= 0.3 is 6.09 Å². The highest BCUT2D eigenvalue weighted by molar-refractivity contribution is 5.78. The third kappa shape index (κ3) is 7.90. The number of hydrogen-bond donors (Lipinski definition) is 2. The van der Waals surface area contributed by atoms with Crippen LogP contribution in [0.2, 0.25) is 0 Å². The van der Waals surface area contributed by atoms with Crippen molar-refractivity contribution >= 4 is 12.0 Å². The maximum absolute atomic E-state index is 12.3. The molecule has 0 saturated heterocycles. The van der Waals surface area contributed by atoms with Gasteiger partial charge in [0.25, 0.3) is 0 Å². The number of alkyl carbamates (subject to hydrolysis) is 1. The highest BCUT2D eigenvalue weighted by atomic mass is 16.6. The summed E-state index contributed by atoms with van der Waals surface area (Å²) in [5.41, 5.74) is 1.94. The van der Waals surface area contributed by atoms with Gasteiger partial charge in [0.05, 0.1) is 12.0 Å². The third-order valence-electron chi connectivity index (χ3n) is 4.62. The van der Waals surface area contributed by atoms with Crippen LogP contribution in [-0.2, 0) is 27.9 Å². The SMILES string of the molecule is CC(Cc1cccc(C(C)(C)NC(=O)OC(C)(C)C)c1)NC(=O)Cc1ccccc1. The van der Waals surface area contributed by atoms with E-state index in [1.807, 2.05) is 90.1 Å². The van der Waals surface area contributed by atoms with Crippen LogP contribution in [0.15, 0.2) is 54.6 Å². The fourth-order valence-corrected chi connectivity index (χ4v) is 3.23. The summed E-state index contributed by atoms with van der Waals surface area (Å²) in [6.45, 7) is 11.4. The van der Waals surface area contributed by atoms with E-state index in [9.17, 15) is 9.59 Å². The van der Waals surface area contributed by atoms with Crippen molar-refractivity contribution in [2.24, 2.45) is 0 Å². The van der Waals surface area contributed by atoms with E-state index in [1.54, 1.807) is 0 Å². The van der Waals surface area contributed by atoms with Gasteiger partial charge in [-0.1, -0.05) is 54.6 Å². The molecule has 0 saturated carbocycles. The van der Waals surface area contributed by atoms with E-state index in [4.69, 9.17) is 4.74 Å². The molecular weight excluding hydrogens is 376 g/mol. The van der Waals surface area contributed by atoms with Gasteiger partial charge in [-0.2, -0.15) is 0 Å². The fourth-order valence-electron chi connectivity index (χ4n) is 3.23. The predicted octanol–water partition coefficient (Wildman–Crippen LogP) is 4.74. The second-order valence-corrected chi connectivity index (χ2v) is 9.29. The molecule has 2 N–H and O–H groups in total. The van der Waals surface area contributed by atoms with Crippen molar-refractivity contribution in [3.8, 4) is 0 Å². The summed E-state index contributed by atoms with van der Waals surface area (Å²) in [5.74, 6) is 0.0109. The molecule has 0 bridgehead atoms. The number of amides is 2.